The molecule has 0 bridgehead atoms. The third-order valence-electron chi connectivity index (χ3n) is 4.69. The number of hydrogen-bond donors (Lipinski definition) is 1. The van der Waals surface area contributed by atoms with Crippen molar-refractivity contribution in [2.24, 2.45) is 17.3 Å². The quantitative estimate of drug-likeness (QED) is 0.761. The first-order valence-corrected chi connectivity index (χ1v) is 7.45. The Morgan fingerprint density at radius 1 is 1.33 bits per heavy atom. The molecule has 0 aliphatic heterocycles. The number of hydrogen-bond acceptors (Lipinski definition) is 2. The van der Waals surface area contributed by atoms with E-state index in [1.165, 1.54) is 6.42 Å². The van der Waals surface area contributed by atoms with Crippen molar-refractivity contribution in [3.63, 3.8) is 0 Å². The standard InChI is InChI=1S/C16H29NO/c1-5-7-14(12-17)16(18)10-6-8-13(9-11-16)15(2,3)4/h13-14,18H,5-11H2,1-4H3. The zero-order valence-corrected chi connectivity index (χ0v) is 12.5. The summed E-state index contributed by atoms with van der Waals surface area (Å²) < 4.78 is 0. The zero-order chi connectivity index (χ0) is 13.8. The molecule has 3 unspecified atom stereocenters. The lowest BCUT2D eigenvalue weighted by molar-refractivity contribution is -0.0169. The number of rotatable bonds is 3. The van der Waals surface area contributed by atoms with Crippen molar-refractivity contribution >= 4 is 0 Å². The van der Waals surface area contributed by atoms with Gasteiger partial charge in [-0.2, -0.15) is 5.26 Å². The molecular formula is C16H29NO. The van der Waals surface area contributed by atoms with E-state index in [1.54, 1.807) is 0 Å². The second-order valence-electron chi connectivity index (χ2n) is 7.07. The summed E-state index contributed by atoms with van der Waals surface area (Å²) in [5.41, 5.74) is -0.414. The average molecular weight is 251 g/mol. The normalized spacial score (nSPS) is 31.4. The highest BCUT2D eigenvalue weighted by Crippen LogP contribution is 2.42. The Labute approximate surface area is 112 Å². The third-order valence-corrected chi connectivity index (χ3v) is 4.69. The molecule has 2 heteroatoms. The van der Waals surface area contributed by atoms with Crippen molar-refractivity contribution in [1.29, 1.82) is 5.26 Å². The van der Waals surface area contributed by atoms with Gasteiger partial charge in [0.15, 0.2) is 0 Å². The average Bonchev–Trinajstić information content (AvgIpc) is 2.48. The largest absolute Gasteiger partial charge is 0.389 e. The first-order chi connectivity index (χ1) is 8.33. The van der Waals surface area contributed by atoms with Gasteiger partial charge in [-0.05, 0) is 43.4 Å². The van der Waals surface area contributed by atoms with Crippen molar-refractivity contribution in [3.05, 3.63) is 0 Å². The molecule has 0 heterocycles. The molecule has 104 valence electrons. The molecule has 0 aromatic carbocycles. The number of nitrogens with zero attached hydrogens (tertiary/aromatic N) is 1. The predicted octanol–water partition coefficient (Wildman–Crippen LogP) is 4.28. The highest BCUT2D eigenvalue weighted by Gasteiger charge is 2.39. The van der Waals surface area contributed by atoms with Gasteiger partial charge in [-0.3, -0.25) is 0 Å². The van der Waals surface area contributed by atoms with E-state index in [9.17, 15) is 10.4 Å². The predicted molar refractivity (Wildman–Crippen MR) is 75.0 cm³/mol. The summed E-state index contributed by atoms with van der Waals surface area (Å²) in [4.78, 5) is 0. The zero-order valence-electron chi connectivity index (χ0n) is 12.5. The Balaban J connectivity index is 2.73. The van der Waals surface area contributed by atoms with Gasteiger partial charge < -0.3 is 5.11 Å². The molecule has 0 amide bonds. The second kappa shape index (κ2) is 6.06. The molecule has 0 aromatic rings. The molecule has 2 nitrogen and oxygen atoms in total. The van der Waals surface area contributed by atoms with E-state index in [4.69, 9.17) is 0 Å². The molecule has 1 fully saturated rings. The van der Waals surface area contributed by atoms with Crippen LogP contribution in [0.1, 0.15) is 72.6 Å². The second-order valence-corrected chi connectivity index (χ2v) is 7.07. The monoisotopic (exact) mass is 251 g/mol. The highest BCUT2D eigenvalue weighted by molar-refractivity contribution is 5.00. The summed E-state index contributed by atoms with van der Waals surface area (Å²) in [5, 5.41) is 20.1. The molecule has 0 aromatic heterocycles. The summed E-state index contributed by atoms with van der Waals surface area (Å²) in [7, 11) is 0. The van der Waals surface area contributed by atoms with Gasteiger partial charge in [0.25, 0.3) is 0 Å². The molecule has 1 saturated carbocycles. The van der Waals surface area contributed by atoms with Crippen LogP contribution < -0.4 is 0 Å². The van der Waals surface area contributed by atoms with Crippen LogP contribution in [0.25, 0.3) is 0 Å². The summed E-state index contributed by atoms with van der Waals surface area (Å²) in [6.45, 7) is 8.95. The highest BCUT2D eigenvalue weighted by atomic mass is 16.3. The van der Waals surface area contributed by atoms with Gasteiger partial charge in [0, 0.05) is 0 Å². The van der Waals surface area contributed by atoms with Crippen LogP contribution in [0.2, 0.25) is 0 Å². The minimum atomic E-state index is -0.731. The fourth-order valence-corrected chi connectivity index (χ4v) is 3.30. The van der Waals surface area contributed by atoms with Gasteiger partial charge in [-0.25, -0.2) is 0 Å². The lowest BCUT2D eigenvalue weighted by Crippen LogP contribution is -2.37. The maximum Gasteiger partial charge on any atom is 0.0805 e. The fourth-order valence-electron chi connectivity index (χ4n) is 3.30. The lowest BCUT2D eigenvalue weighted by Gasteiger charge is -2.33. The van der Waals surface area contributed by atoms with Crippen molar-refractivity contribution < 1.29 is 5.11 Å². The van der Waals surface area contributed by atoms with Crippen molar-refractivity contribution in [2.75, 3.05) is 0 Å². The molecule has 1 rings (SSSR count). The summed E-state index contributed by atoms with van der Waals surface area (Å²) in [5.74, 6) is 0.494. The van der Waals surface area contributed by atoms with Crippen LogP contribution in [0.15, 0.2) is 0 Å². The lowest BCUT2D eigenvalue weighted by atomic mass is 9.75. The maximum atomic E-state index is 10.8. The molecule has 1 aliphatic rings. The first-order valence-electron chi connectivity index (χ1n) is 7.45. The van der Waals surface area contributed by atoms with Crippen LogP contribution in [0, 0.1) is 28.6 Å². The Hall–Kier alpha value is -0.550. The van der Waals surface area contributed by atoms with E-state index in [-0.39, 0.29) is 5.92 Å². The van der Waals surface area contributed by atoms with Crippen molar-refractivity contribution in [1.82, 2.24) is 0 Å². The fraction of sp³-hybridized carbons (Fsp3) is 0.938. The van der Waals surface area contributed by atoms with Gasteiger partial charge in [0.1, 0.15) is 0 Å². The van der Waals surface area contributed by atoms with Crippen LogP contribution >= 0.6 is 0 Å². The Morgan fingerprint density at radius 3 is 2.50 bits per heavy atom. The topological polar surface area (TPSA) is 44.0 Å². The summed E-state index contributed by atoms with van der Waals surface area (Å²) in [6.07, 6.45) is 6.71. The molecule has 1 N–H and O–H groups in total. The first kappa shape index (κ1) is 15.5. The van der Waals surface area contributed by atoms with E-state index in [0.29, 0.717) is 11.3 Å². The molecular weight excluding hydrogens is 222 g/mol. The molecule has 0 radical (unpaired) electrons. The van der Waals surface area contributed by atoms with Gasteiger partial charge in [0.05, 0.1) is 17.6 Å². The van der Waals surface area contributed by atoms with Gasteiger partial charge >= 0.3 is 0 Å². The minimum absolute atomic E-state index is 0.179. The summed E-state index contributed by atoms with van der Waals surface area (Å²) in [6, 6.07) is 2.34. The maximum absolute atomic E-state index is 10.8. The molecule has 0 spiro atoms. The van der Waals surface area contributed by atoms with Gasteiger partial charge in [-0.15, -0.1) is 0 Å². The van der Waals surface area contributed by atoms with E-state index >= 15 is 0 Å². The van der Waals surface area contributed by atoms with Crippen LogP contribution in [0.3, 0.4) is 0 Å². The van der Waals surface area contributed by atoms with Crippen LogP contribution in [-0.2, 0) is 0 Å². The van der Waals surface area contributed by atoms with Gasteiger partial charge in [-0.1, -0.05) is 40.5 Å². The van der Waals surface area contributed by atoms with Crippen LogP contribution in [0.4, 0.5) is 0 Å². The van der Waals surface area contributed by atoms with E-state index in [0.717, 1.165) is 38.5 Å². The molecule has 3 atom stereocenters. The van der Waals surface area contributed by atoms with E-state index in [2.05, 4.69) is 33.8 Å². The van der Waals surface area contributed by atoms with Crippen molar-refractivity contribution in [3.8, 4) is 6.07 Å². The Bertz CT molecular complexity index is 299. The number of nitriles is 1. The SMILES string of the molecule is CCCC(C#N)C1(O)CCCC(C(C)(C)C)CC1. The van der Waals surface area contributed by atoms with E-state index in [1.807, 2.05) is 0 Å². The molecule has 0 saturated heterocycles. The van der Waals surface area contributed by atoms with Gasteiger partial charge in [0.2, 0.25) is 0 Å². The minimum Gasteiger partial charge on any atom is -0.389 e. The van der Waals surface area contributed by atoms with Crippen molar-refractivity contribution in [2.45, 2.75) is 78.2 Å². The molecule has 1 aliphatic carbocycles. The van der Waals surface area contributed by atoms with Crippen LogP contribution in [0.5, 0.6) is 0 Å². The third kappa shape index (κ3) is 3.72. The van der Waals surface area contributed by atoms with E-state index < -0.39 is 5.60 Å². The smallest absolute Gasteiger partial charge is 0.0805 e. The Morgan fingerprint density at radius 2 is 2.00 bits per heavy atom. The Kier molecular flexibility index (Phi) is 5.22. The number of aliphatic hydroxyl groups is 1. The van der Waals surface area contributed by atoms with Crippen LogP contribution in [-0.4, -0.2) is 10.7 Å². The summed E-state index contributed by atoms with van der Waals surface area (Å²) >= 11 is 0. The molecule has 18 heavy (non-hydrogen) atoms.